The summed E-state index contributed by atoms with van der Waals surface area (Å²) < 4.78 is 64.0. The SMILES string of the molecule is [2H]C([2H])(Oc1ccc(Nc2ncnc3ccc(-c4ccc(CN(C(=O)OC(C)(C)C)C([2H])([2H])CC)o4)cc23)cc1Cl)c1cccc(F)c1. The summed E-state index contributed by atoms with van der Waals surface area (Å²) in [6.45, 7) is 2.38. The molecule has 8 nitrogen and oxygen atoms in total. The average Bonchev–Trinajstić information content (AvgIpc) is 3.49. The topological polar surface area (TPSA) is 89.7 Å². The van der Waals surface area contributed by atoms with Gasteiger partial charge in [-0.1, -0.05) is 30.7 Å². The molecule has 5 rings (SSSR count). The fourth-order valence-electron chi connectivity index (χ4n) is 4.24. The minimum atomic E-state index is -2.33. The molecule has 0 bridgehead atoms. The van der Waals surface area contributed by atoms with Crippen molar-refractivity contribution in [2.75, 3.05) is 11.8 Å². The molecule has 2 heterocycles. The molecule has 0 atom stereocenters. The van der Waals surface area contributed by atoms with Gasteiger partial charge in [-0.2, -0.15) is 0 Å². The lowest BCUT2D eigenvalue weighted by Crippen LogP contribution is -2.36. The van der Waals surface area contributed by atoms with Gasteiger partial charge in [-0.15, -0.1) is 0 Å². The molecule has 0 saturated heterocycles. The van der Waals surface area contributed by atoms with Gasteiger partial charge in [-0.05, 0) is 93.4 Å². The van der Waals surface area contributed by atoms with Gasteiger partial charge in [0.05, 0.1) is 19.8 Å². The number of rotatable bonds is 10. The number of hydrogen-bond donors (Lipinski definition) is 1. The van der Waals surface area contributed by atoms with Crippen LogP contribution in [0.2, 0.25) is 5.02 Å². The van der Waals surface area contributed by atoms with Gasteiger partial charge in [0.25, 0.3) is 0 Å². The van der Waals surface area contributed by atoms with Crippen LogP contribution in [0.3, 0.4) is 0 Å². The Morgan fingerprint density at radius 1 is 1.09 bits per heavy atom. The molecule has 1 amide bonds. The zero-order valence-electron chi connectivity index (χ0n) is 28.7. The minimum absolute atomic E-state index is 0.00919. The second-order valence-electron chi connectivity index (χ2n) is 10.8. The third-order valence-corrected chi connectivity index (χ3v) is 6.45. The first kappa shape index (κ1) is 25.8. The smallest absolute Gasteiger partial charge is 0.410 e. The molecule has 0 aliphatic rings. The largest absolute Gasteiger partial charge is 0.487 e. The number of nitrogens with zero attached hydrogens (tertiary/aromatic N) is 3. The lowest BCUT2D eigenvalue weighted by atomic mass is 10.1. The van der Waals surface area contributed by atoms with Crippen LogP contribution in [0.4, 0.5) is 20.7 Å². The molecule has 0 radical (unpaired) electrons. The summed E-state index contributed by atoms with van der Waals surface area (Å²) in [5.41, 5.74) is 1.08. The van der Waals surface area contributed by atoms with Crippen molar-refractivity contribution in [3.8, 4) is 17.1 Å². The van der Waals surface area contributed by atoms with Crippen molar-refractivity contribution in [3.63, 3.8) is 0 Å². The Morgan fingerprint density at radius 2 is 1.93 bits per heavy atom. The van der Waals surface area contributed by atoms with Gasteiger partial charge in [0.1, 0.15) is 47.4 Å². The molecule has 0 aliphatic heterocycles. The van der Waals surface area contributed by atoms with Crippen LogP contribution < -0.4 is 10.1 Å². The number of furan rings is 1. The molecule has 44 heavy (non-hydrogen) atoms. The lowest BCUT2D eigenvalue weighted by molar-refractivity contribution is 0.0221. The van der Waals surface area contributed by atoms with Gasteiger partial charge in [0.2, 0.25) is 0 Å². The predicted octanol–water partition coefficient (Wildman–Crippen LogP) is 9.15. The van der Waals surface area contributed by atoms with E-state index in [2.05, 4.69) is 15.3 Å². The molecule has 0 unspecified atom stereocenters. The fraction of sp³-hybridized carbons (Fsp3) is 0.265. The number of anilines is 2. The van der Waals surface area contributed by atoms with Crippen molar-refractivity contribution < 1.29 is 28.6 Å². The number of fused-ring (bicyclic) bond motifs is 1. The van der Waals surface area contributed by atoms with Gasteiger partial charge in [0.15, 0.2) is 0 Å². The molecular formula is C34H34ClFN4O4. The van der Waals surface area contributed by atoms with Crippen LogP contribution in [0.25, 0.3) is 22.2 Å². The van der Waals surface area contributed by atoms with Crippen LogP contribution in [0.5, 0.6) is 5.75 Å². The van der Waals surface area contributed by atoms with Crippen LogP contribution >= 0.6 is 11.6 Å². The molecule has 10 heteroatoms. The van der Waals surface area contributed by atoms with Gasteiger partial charge in [0, 0.05) is 25.9 Å². The zero-order valence-corrected chi connectivity index (χ0v) is 25.4. The van der Waals surface area contributed by atoms with Gasteiger partial charge in [-0.25, -0.2) is 19.2 Å². The summed E-state index contributed by atoms with van der Waals surface area (Å²) in [6.07, 6.45) is 0.691. The highest BCUT2D eigenvalue weighted by Gasteiger charge is 2.23. The molecule has 228 valence electrons. The standard InChI is InChI=1S/C34H34ClFN4O4/c1-5-15-40(33(41)44-34(2,3)4)19-26-11-14-30(43-26)23-9-12-29-27(17-23)32(38-21-37-29)39-25-10-13-31(28(35)18-25)42-20-22-7-6-8-24(36)16-22/h6-14,16-18,21H,5,15,19-20H2,1-4H3,(H,37,38,39)/i15D2,20D2. The second-order valence-corrected chi connectivity index (χ2v) is 11.2. The number of hydrogen-bond acceptors (Lipinski definition) is 7. The maximum atomic E-state index is 13.7. The molecule has 0 saturated carbocycles. The van der Waals surface area contributed by atoms with Crippen LogP contribution in [0.1, 0.15) is 50.9 Å². The summed E-state index contributed by atoms with van der Waals surface area (Å²) in [4.78, 5) is 22.7. The van der Waals surface area contributed by atoms with Crippen LogP contribution in [-0.2, 0) is 17.8 Å². The van der Waals surface area contributed by atoms with E-state index in [1.54, 1.807) is 58.0 Å². The molecule has 0 aliphatic carbocycles. The predicted molar refractivity (Wildman–Crippen MR) is 170 cm³/mol. The monoisotopic (exact) mass is 620 g/mol. The van der Waals surface area contributed by atoms with E-state index >= 15 is 0 Å². The number of nitrogens with one attached hydrogen (secondary N) is 1. The van der Waals surface area contributed by atoms with Crippen molar-refractivity contribution in [2.45, 2.75) is 52.8 Å². The van der Waals surface area contributed by atoms with E-state index in [4.69, 9.17) is 31.0 Å². The highest BCUT2D eigenvalue weighted by atomic mass is 35.5. The number of halogens is 2. The second kappa shape index (κ2) is 13.3. The fourth-order valence-corrected chi connectivity index (χ4v) is 4.46. The summed E-state index contributed by atoms with van der Waals surface area (Å²) in [6, 6.07) is 18.7. The summed E-state index contributed by atoms with van der Waals surface area (Å²) >= 11 is 6.46. The lowest BCUT2D eigenvalue weighted by Gasteiger charge is -2.26. The number of amides is 1. The number of benzene rings is 3. The molecular weight excluding hydrogens is 583 g/mol. The van der Waals surface area contributed by atoms with Gasteiger partial charge in [-0.3, -0.25) is 0 Å². The Bertz CT molecular complexity index is 1950. The Morgan fingerprint density at radius 3 is 2.68 bits per heavy atom. The number of carbonyl (C=O) groups excluding carboxylic acids is 1. The third kappa shape index (κ3) is 7.85. The molecule has 2 aromatic heterocycles. The van der Waals surface area contributed by atoms with Crippen LogP contribution in [-0.4, -0.2) is 33.1 Å². The minimum Gasteiger partial charge on any atom is -0.487 e. The first-order valence-electron chi connectivity index (χ1n) is 15.9. The summed E-state index contributed by atoms with van der Waals surface area (Å²) in [7, 11) is 0. The van der Waals surface area contributed by atoms with Crippen LogP contribution in [0, 0.1) is 5.82 Å². The first-order valence-corrected chi connectivity index (χ1v) is 14.3. The van der Waals surface area contributed by atoms with Crippen molar-refractivity contribution in [1.29, 1.82) is 0 Å². The van der Waals surface area contributed by atoms with Crippen molar-refractivity contribution in [2.24, 2.45) is 0 Å². The van der Waals surface area contributed by atoms with E-state index in [0.717, 1.165) is 11.0 Å². The van der Waals surface area contributed by atoms with Crippen molar-refractivity contribution in [1.82, 2.24) is 14.9 Å². The van der Waals surface area contributed by atoms with Crippen molar-refractivity contribution >= 4 is 40.1 Å². The van der Waals surface area contributed by atoms with E-state index in [-0.39, 0.29) is 29.3 Å². The zero-order chi connectivity index (χ0) is 34.9. The third-order valence-electron chi connectivity index (χ3n) is 6.16. The Labute approximate surface area is 266 Å². The first-order chi connectivity index (χ1) is 22.5. The highest BCUT2D eigenvalue weighted by Crippen LogP contribution is 2.33. The van der Waals surface area contributed by atoms with Crippen molar-refractivity contribution in [3.05, 3.63) is 101 Å². The maximum absolute atomic E-state index is 13.7. The van der Waals surface area contributed by atoms with E-state index in [9.17, 15) is 9.18 Å². The van der Waals surface area contributed by atoms with E-state index in [1.807, 2.05) is 12.1 Å². The molecule has 0 fully saturated rings. The average molecular weight is 621 g/mol. The Hall–Kier alpha value is -4.63. The summed E-state index contributed by atoms with van der Waals surface area (Å²) in [5, 5.41) is 3.99. The number of carbonyl (C=O) groups is 1. The molecule has 3 aromatic carbocycles. The summed E-state index contributed by atoms with van der Waals surface area (Å²) in [5.74, 6) is 0.798. The number of aromatic nitrogens is 2. The quantitative estimate of drug-likeness (QED) is 0.166. The van der Waals surface area contributed by atoms with Crippen LogP contribution in [0.15, 0.2) is 83.5 Å². The molecule has 5 aromatic rings. The van der Waals surface area contributed by atoms with E-state index < -0.39 is 30.6 Å². The van der Waals surface area contributed by atoms with Gasteiger partial charge >= 0.3 is 6.09 Å². The Balaban J connectivity index is 1.37. The number of ether oxygens (including phenoxy) is 2. The molecule has 0 spiro atoms. The highest BCUT2D eigenvalue weighted by molar-refractivity contribution is 6.32. The maximum Gasteiger partial charge on any atom is 0.410 e. The van der Waals surface area contributed by atoms with E-state index in [0.29, 0.717) is 39.5 Å². The molecule has 1 N–H and O–H groups in total. The normalized spacial score (nSPS) is 13.4. The van der Waals surface area contributed by atoms with Gasteiger partial charge < -0.3 is 24.1 Å². The Kier molecular flexibility index (Phi) is 7.83. The van der Waals surface area contributed by atoms with E-state index in [1.165, 1.54) is 30.6 Å².